The van der Waals surface area contributed by atoms with Gasteiger partial charge in [0.15, 0.2) is 0 Å². The minimum atomic E-state index is 0.641. The van der Waals surface area contributed by atoms with E-state index in [2.05, 4.69) is 34.2 Å². The molecule has 0 aliphatic heterocycles. The van der Waals surface area contributed by atoms with Crippen LogP contribution in [0.25, 0.3) is 0 Å². The van der Waals surface area contributed by atoms with Crippen LogP contribution in [0.15, 0.2) is 22.7 Å². The summed E-state index contributed by atoms with van der Waals surface area (Å²) >= 11 is 9.38. The quantitative estimate of drug-likeness (QED) is 0.847. The number of hydrogen-bond acceptors (Lipinski definition) is 1. The zero-order chi connectivity index (χ0) is 10.1. The van der Waals surface area contributed by atoms with Gasteiger partial charge in [-0.2, -0.15) is 0 Å². The Morgan fingerprint density at radius 1 is 1.43 bits per heavy atom. The lowest BCUT2D eigenvalue weighted by Crippen LogP contribution is -2.33. The van der Waals surface area contributed by atoms with E-state index in [1.165, 1.54) is 12.8 Å². The number of rotatable bonds is 2. The highest BCUT2D eigenvalue weighted by molar-refractivity contribution is 9.10. The van der Waals surface area contributed by atoms with Crippen molar-refractivity contribution in [2.45, 2.75) is 25.8 Å². The van der Waals surface area contributed by atoms with E-state index in [4.69, 9.17) is 11.6 Å². The van der Waals surface area contributed by atoms with Crippen molar-refractivity contribution in [2.24, 2.45) is 5.92 Å². The number of hydrogen-bond donors (Lipinski definition) is 1. The van der Waals surface area contributed by atoms with Gasteiger partial charge in [-0.25, -0.2) is 0 Å². The van der Waals surface area contributed by atoms with E-state index >= 15 is 0 Å². The smallest absolute Gasteiger partial charge is 0.0568 e. The lowest BCUT2D eigenvalue weighted by Gasteiger charge is -2.34. The number of nitrogens with one attached hydrogen (secondary N) is 1. The lowest BCUT2D eigenvalue weighted by molar-refractivity contribution is 0.309. The highest BCUT2D eigenvalue weighted by atomic mass is 79.9. The van der Waals surface area contributed by atoms with Gasteiger partial charge in [-0.05, 0) is 52.9 Å². The summed E-state index contributed by atoms with van der Waals surface area (Å²) < 4.78 is 0.951. The molecule has 1 saturated carbocycles. The van der Waals surface area contributed by atoms with Crippen LogP contribution in [0.5, 0.6) is 0 Å². The van der Waals surface area contributed by atoms with Crippen molar-refractivity contribution < 1.29 is 0 Å². The molecule has 0 spiro atoms. The topological polar surface area (TPSA) is 12.0 Å². The van der Waals surface area contributed by atoms with E-state index in [0.717, 1.165) is 21.1 Å². The minimum Gasteiger partial charge on any atom is -0.382 e. The van der Waals surface area contributed by atoms with Gasteiger partial charge in [-0.3, -0.25) is 0 Å². The van der Waals surface area contributed by atoms with Gasteiger partial charge in [0, 0.05) is 16.2 Å². The van der Waals surface area contributed by atoms with E-state index in [0.29, 0.717) is 6.04 Å². The van der Waals surface area contributed by atoms with Gasteiger partial charge < -0.3 is 5.32 Å². The molecular weight excluding hydrogens is 261 g/mol. The lowest BCUT2D eigenvalue weighted by atomic mass is 9.82. The Bertz CT molecular complexity index is 334. The fourth-order valence-corrected chi connectivity index (χ4v) is 2.27. The Kier molecular flexibility index (Phi) is 3.03. The van der Waals surface area contributed by atoms with Crippen LogP contribution >= 0.6 is 27.5 Å². The fourth-order valence-electron chi connectivity index (χ4n) is 1.84. The van der Waals surface area contributed by atoms with Gasteiger partial charge >= 0.3 is 0 Å². The molecule has 1 aliphatic carbocycles. The van der Waals surface area contributed by atoms with Crippen LogP contribution in [0.4, 0.5) is 5.69 Å². The van der Waals surface area contributed by atoms with Gasteiger partial charge in [0.25, 0.3) is 0 Å². The van der Waals surface area contributed by atoms with E-state index < -0.39 is 0 Å². The third-order valence-corrected chi connectivity index (χ3v) is 3.90. The van der Waals surface area contributed by atoms with Gasteiger partial charge in [0.05, 0.1) is 5.02 Å². The first kappa shape index (κ1) is 10.3. The summed E-state index contributed by atoms with van der Waals surface area (Å²) in [7, 11) is 0. The van der Waals surface area contributed by atoms with Gasteiger partial charge in [0.2, 0.25) is 0 Å². The normalized spacial score (nSPS) is 25.6. The van der Waals surface area contributed by atoms with Crippen LogP contribution in [0.3, 0.4) is 0 Å². The summed E-state index contributed by atoms with van der Waals surface area (Å²) in [5.74, 6) is 0.874. The summed E-state index contributed by atoms with van der Waals surface area (Å²) in [6, 6.07) is 6.64. The van der Waals surface area contributed by atoms with Gasteiger partial charge in [-0.1, -0.05) is 18.5 Å². The van der Waals surface area contributed by atoms with Crippen molar-refractivity contribution in [3.8, 4) is 0 Å². The molecule has 76 valence electrons. The Morgan fingerprint density at radius 2 is 2.14 bits per heavy atom. The predicted molar refractivity (Wildman–Crippen MR) is 65.0 cm³/mol. The molecule has 0 bridgehead atoms. The van der Waals surface area contributed by atoms with Crippen molar-refractivity contribution in [3.63, 3.8) is 0 Å². The standard InChI is InChI=1S/C11H13BrClN/c1-7-4-9(5-7)14-8-2-3-10(12)11(13)6-8/h2-3,6-7,9,14H,4-5H2,1H3. The molecule has 0 saturated heterocycles. The predicted octanol–water partition coefficient (Wildman–Crippen LogP) is 4.31. The molecule has 0 unspecified atom stereocenters. The molecule has 3 heteroatoms. The summed E-state index contributed by atoms with van der Waals surface area (Å²) in [6.07, 6.45) is 2.54. The van der Waals surface area contributed by atoms with Crippen LogP contribution in [-0.2, 0) is 0 Å². The zero-order valence-electron chi connectivity index (χ0n) is 8.06. The van der Waals surface area contributed by atoms with E-state index in [1.54, 1.807) is 0 Å². The molecule has 14 heavy (non-hydrogen) atoms. The van der Waals surface area contributed by atoms with Crippen LogP contribution in [0.2, 0.25) is 5.02 Å². The van der Waals surface area contributed by atoms with E-state index in [1.807, 2.05) is 12.1 Å². The fraction of sp³-hybridized carbons (Fsp3) is 0.455. The number of benzene rings is 1. The first-order valence-corrected chi connectivity index (χ1v) is 6.04. The molecule has 0 atom stereocenters. The first-order valence-electron chi connectivity index (χ1n) is 4.87. The molecule has 1 fully saturated rings. The number of halogens is 2. The summed E-state index contributed by atoms with van der Waals surface area (Å²) in [4.78, 5) is 0. The molecule has 0 aromatic heterocycles. The van der Waals surface area contributed by atoms with Crippen LogP contribution in [0.1, 0.15) is 19.8 Å². The zero-order valence-corrected chi connectivity index (χ0v) is 10.4. The van der Waals surface area contributed by atoms with Crippen molar-refractivity contribution in [3.05, 3.63) is 27.7 Å². The second-order valence-electron chi connectivity index (χ2n) is 4.05. The third kappa shape index (κ3) is 2.23. The molecule has 0 amide bonds. The summed E-state index contributed by atoms with van der Waals surface area (Å²) in [5.41, 5.74) is 1.12. The maximum atomic E-state index is 6.00. The molecular formula is C11H13BrClN. The second-order valence-corrected chi connectivity index (χ2v) is 5.31. The monoisotopic (exact) mass is 273 g/mol. The Labute approximate surface area is 98.0 Å². The Balaban J connectivity index is 2.00. The molecule has 1 aromatic carbocycles. The van der Waals surface area contributed by atoms with Crippen LogP contribution in [0, 0.1) is 5.92 Å². The summed E-state index contributed by atoms with van der Waals surface area (Å²) in [5, 5.41) is 4.24. The molecule has 1 aliphatic rings. The molecule has 2 rings (SSSR count). The van der Waals surface area contributed by atoms with E-state index in [-0.39, 0.29) is 0 Å². The van der Waals surface area contributed by atoms with Crippen molar-refractivity contribution >= 4 is 33.2 Å². The molecule has 0 radical (unpaired) electrons. The summed E-state index contributed by atoms with van der Waals surface area (Å²) in [6.45, 7) is 2.28. The Hall–Kier alpha value is -0.210. The molecule has 1 N–H and O–H groups in total. The highest BCUT2D eigenvalue weighted by Crippen LogP contribution is 2.31. The van der Waals surface area contributed by atoms with E-state index in [9.17, 15) is 0 Å². The molecule has 1 aromatic rings. The maximum Gasteiger partial charge on any atom is 0.0568 e. The largest absolute Gasteiger partial charge is 0.382 e. The van der Waals surface area contributed by atoms with Crippen molar-refractivity contribution in [1.82, 2.24) is 0 Å². The number of anilines is 1. The average Bonchev–Trinajstić information content (AvgIpc) is 2.09. The first-order chi connectivity index (χ1) is 6.65. The highest BCUT2D eigenvalue weighted by Gasteiger charge is 2.24. The second kappa shape index (κ2) is 4.11. The third-order valence-electron chi connectivity index (χ3n) is 2.66. The van der Waals surface area contributed by atoms with Crippen LogP contribution < -0.4 is 5.32 Å². The minimum absolute atomic E-state index is 0.641. The average molecular weight is 275 g/mol. The maximum absolute atomic E-state index is 6.00. The van der Waals surface area contributed by atoms with Crippen LogP contribution in [-0.4, -0.2) is 6.04 Å². The van der Waals surface area contributed by atoms with Crippen molar-refractivity contribution in [1.29, 1.82) is 0 Å². The molecule has 1 nitrogen and oxygen atoms in total. The van der Waals surface area contributed by atoms with Gasteiger partial charge in [-0.15, -0.1) is 0 Å². The Morgan fingerprint density at radius 3 is 2.71 bits per heavy atom. The molecule has 0 heterocycles. The van der Waals surface area contributed by atoms with Crippen molar-refractivity contribution in [2.75, 3.05) is 5.32 Å². The SMILES string of the molecule is CC1CC(Nc2ccc(Br)c(Cl)c2)C1. The van der Waals surface area contributed by atoms with Gasteiger partial charge in [0.1, 0.15) is 0 Å².